The van der Waals surface area contributed by atoms with Crippen LogP contribution in [-0.4, -0.2) is 39.4 Å². The van der Waals surface area contributed by atoms with Crippen LogP contribution in [0, 0.1) is 0 Å². The molecule has 2 aromatic rings. The Hall–Kier alpha value is -1.90. The van der Waals surface area contributed by atoms with Crippen molar-refractivity contribution in [2.24, 2.45) is 0 Å². The van der Waals surface area contributed by atoms with Crippen molar-refractivity contribution in [1.29, 1.82) is 0 Å². The number of nitrogens with one attached hydrogen (secondary N) is 1. The number of amides is 1. The van der Waals surface area contributed by atoms with E-state index in [9.17, 15) is 13.2 Å². The highest BCUT2D eigenvalue weighted by Crippen LogP contribution is 2.15. The number of hydrogen-bond donors (Lipinski definition) is 1. The van der Waals surface area contributed by atoms with Crippen LogP contribution < -0.4 is 9.46 Å². The van der Waals surface area contributed by atoms with Gasteiger partial charge in [0.05, 0.1) is 11.5 Å². The van der Waals surface area contributed by atoms with Crippen molar-refractivity contribution in [3.05, 3.63) is 58.6 Å². The molecule has 0 heterocycles. The summed E-state index contributed by atoms with van der Waals surface area (Å²) in [5.41, 5.74) is 0.977. The quantitative estimate of drug-likeness (QED) is 0.631. The Bertz CT molecular complexity index is 852. The lowest BCUT2D eigenvalue weighted by atomic mass is 10.2. The van der Waals surface area contributed by atoms with E-state index < -0.39 is 10.0 Å². The maximum absolute atomic E-state index is 12.2. The van der Waals surface area contributed by atoms with Gasteiger partial charge in [-0.25, -0.2) is 13.1 Å². The lowest BCUT2D eigenvalue weighted by Crippen LogP contribution is -2.31. The van der Waals surface area contributed by atoms with Gasteiger partial charge in [0.2, 0.25) is 15.9 Å². The van der Waals surface area contributed by atoms with Gasteiger partial charge in [0.1, 0.15) is 5.75 Å². The molecular weight excluding hydrogens is 432 g/mol. The van der Waals surface area contributed by atoms with Crippen molar-refractivity contribution in [2.45, 2.75) is 24.8 Å². The smallest absolute Gasteiger partial charge is 0.240 e. The molecule has 0 aliphatic heterocycles. The highest BCUT2D eigenvalue weighted by Gasteiger charge is 2.15. The Kier molecular flexibility index (Phi) is 7.82. The number of ether oxygens (including phenoxy) is 1. The van der Waals surface area contributed by atoms with Crippen LogP contribution in [0.25, 0.3) is 0 Å². The van der Waals surface area contributed by atoms with Crippen LogP contribution in [0.4, 0.5) is 0 Å². The zero-order valence-electron chi connectivity index (χ0n) is 15.3. The fourth-order valence-corrected chi connectivity index (χ4v) is 3.70. The van der Waals surface area contributed by atoms with Crippen LogP contribution in [0.5, 0.6) is 5.75 Å². The summed E-state index contributed by atoms with van der Waals surface area (Å²) in [6.45, 7) is 3.02. The molecule has 0 aliphatic carbocycles. The first-order chi connectivity index (χ1) is 12.8. The first-order valence-electron chi connectivity index (χ1n) is 8.53. The molecule has 0 unspecified atom stereocenters. The molecular formula is C19H23BrN2O4S. The Morgan fingerprint density at radius 3 is 2.33 bits per heavy atom. The zero-order chi connectivity index (χ0) is 19.9. The number of sulfonamides is 1. The molecule has 0 saturated heterocycles. The van der Waals surface area contributed by atoms with Gasteiger partial charge >= 0.3 is 0 Å². The van der Waals surface area contributed by atoms with Crippen LogP contribution in [0.2, 0.25) is 0 Å². The Morgan fingerprint density at radius 1 is 1.11 bits per heavy atom. The van der Waals surface area contributed by atoms with Crippen LogP contribution in [0.15, 0.2) is 57.9 Å². The highest BCUT2D eigenvalue weighted by atomic mass is 79.9. The minimum Gasteiger partial charge on any atom is -0.494 e. The van der Waals surface area contributed by atoms with Gasteiger partial charge in [-0.05, 0) is 48.9 Å². The lowest BCUT2D eigenvalue weighted by molar-refractivity contribution is -0.130. The third-order valence-electron chi connectivity index (χ3n) is 3.83. The molecule has 0 saturated carbocycles. The standard InChI is InChI=1S/C19H23BrN2O4S/c1-3-26-17-8-4-15(5-9-17)14-22(2)19(23)12-13-21-27(24,25)18-10-6-16(20)7-11-18/h4-11,21H,3,12-14H2,1-2H3. The number of hydrogen-bond acceptors (Lipinski definition) is 4. The summed E-state index contributed by atoms with van der Waals surface area (Å²) < 4.78 is 33.1. The first kappa shape index (κ1) is 21.4. The fraction of sp³-hybridized carbons (Fsp3) is 0.316. The van der Waals surface area contributed by atoms with Gasteiger partial charge in [-0.1, -0.05) is 28.1 Å². The summed E-state index contributed by atoms with van der Waals surface area (Å²) in [7, 11) is -1.93. The van der Waals surface area contributed by atoms with E-state index in [0.29, 0.717) is 13.2 Å². The molecule has 1 N–H and O–H groups in total. The maximum atomic E-state index is 12.2. The number of nitrogens with zero attached hydrogens (tertiary/aromatic N) is 1. The summed E-state index contributed by atoms with van der Waals surface area (Å²) in [5.74, 6) is 0.653. The molecule has 0 aliphatic rings. The Morgan fingerprint density at radius 2 is 1.74 bits per heavy atom. The van der Waals surface area contributed by atoms with Gasteiger partial charge in [0.15, 0.2) is 0 Å². The Balaban J connectivity index is 1.83. The Labute approximate surface area is 168 Å². The molecule has 2 aromatic carbocycles. The molecule has 0 bridgehead atoms. The van der Waals surface area contributed by atoms with E-state index in [2.05, 4.69) is 20.7 Å². The summed E-state index contributed by atoms with van der Waals surface area (Å²) in [6.07, 6.45) is 0.0866. The monoisotopic (exact) mass is 454 g/mol. The van der Waals surface area contributed by atoms with E-state index in [-0.39, 0.29) is 23.8 Å². The molecule has 8 heteroatoms. The molecule has 146 valence electrons. The van der Waals surface area contributed by atoms with E-state index >= 15 is 0 Å². The third-order valence-corrected chi connectivity index (χ3v) is 5.84. The third kappa shape index (κ3) is 6.64. The number of rotatable bonds is 9. The van der Waals surface area contributed by atoms with Crippen LogP contribution >= 0.6 is 15.9 Å². The van der Waals surface area contributed by atoms with Gasteiger partial charge in [-0.2, -0.15) is 0 Å². The minimum absolute atomic E-state index is 0.0465. The molecule has 0 aromatic heterocycles. The van der Waals surface area contributed by atoms with Crippen molar-refractivity contribution >= 4 is 31.9 Å². The van der Waals surface area contributed by atoms with Gasteiger partial charge in [0, 0.05) is 31.0 Å². The number of benzene rings is 2. The molecule has 2 rings (SSSR count). The second-order valence-corrected chi connectivity index (χ2v) is 8.61. The maximum Gasteiger partial charge on any atom is 0.240 e. The van der Waals surface area contributed by atoms with E-state index in [4.69, 9.17) is 4.74 Å². The summed E-state index contributed by atoms with van der Waals surface area (Å²) >= 11 is 3.27. The normalized spacial score (nSPS) is 11.2. The molecule has 0 atom stereocenters. The molecule has 0 spiro atoms. The number of halogens is 1. The van der Waals surface area contributed by atoms with Crippen molar-refractivity contribution in [3.8, 4) is 5.75 Å². The molecule has 0 fully saturated rings. The van der Waals surface area contributed by atoms with Gasteiger partial charge in [-0.15, -0.1) is 0 Å². The molecule has 1 amide bonds. The van der Waals surface area contributed by atoms with Gasteiger partial charge < -0.3 is 9.64 Å². The summed E-state index contributed by atoms with van der Waals surface area (Å²) in [5, 5.41) is 0. The van der Waals surface area contributed by atoms with Crippen molar-refractivity contribution in [2.75, 3.05) is 20.2 Å². The van der Waals surface area contributed by atoms with E-state index in [1.807, 2.05) is 31.2 Å². The largest absolute Gasteiger partial charge is 0.494 e. The minimum atomic E-state index is -3.62. The van der Waals surface area contributed by atoms with E-state index in [1.54, 1.807) is 24.1 Å². The topological polar surface area (TPSA) is 75.7 Å². The lowest BCUT2D eigenvalue weighted by Gasteiger charge is -2.18. The van der Waals surface area contributed by atoms with Crippen LogP contribution in [0.3, 0.4) is 0 Å². The second kappa shape index (κ2) is 9.87. The molecule has 6 nitrogen and oxygen atoms in total. The number of carbonyl (C=O) groups is 1. The van der Waals surface area contributed by atoms with Gasteiger partial charge in [0.25, 0.3) is 0 Å². The highest BCUT2D eigenvalue weighted by molar-refractivity contribution is 9.10. The summed E-state index contributed by atoms with van der Waals surface area (Å²) in [4.78, 5) is 14.0. The van der Waals surface area contributed by atoms with E-state index in [0.717, 1.165) is 15.8 Å². The van der Waals surface area contributed by atoms with Crippen molar-refractivity contribution < 1.29 is 17.9 Å². The van der Waals surface area contributed by atoms with E-state index in [1.165, 1.54) is 12.1 Å². The van der Waals surface area contributed by atoms with Crippen LogP contribution in [-0.2, 0) is 21.4 Å². The molecule has 27 heavy (non-hydrogen) atoms. The average Bonchev–Trinajstić information content (AvgIpc) is 2.63. The summed E-state index contributed by atoms with van der Waals surface area (Å²) in [6, 6.07) is 13.9. The SMILES string of the molecule is CCOc1ccc(CN(C)C(=O)CCNS(=O)(=O)c2ccc(Br)cc2)cc1. The van der Waals surface area contributed by atoms with Gasteiger partial charge in [-0.3, -0.25) is 4.79 Å². The first-order valence-corrected chi connectivity index (χ1v) is 10.8. The average molecular weight is 455 g/mol. The number of carbonyl (C=O) groups excluding carboxylic acids is 1. The zero-order valence-corrected chi connectivity index (χ0v) is 17.7. The fourth-order valence-electron chi connectivity index (χ4n) is 2.40. The van der Waals surface area contributed by atoms with Crippen molar-refractivity contribution in [1.82, 2.24) is 9.62 Å². The molecule has 0 radical (unpaired) electrons. The second-order valence-electron chi connectivity index (χ2n) is 5.93. The predicted molar refractivity (Wildman–Crippen MR) is 108 cm³/mol. The van der Waals surface area contributed by atoms with Crippen molar-refractivity contribution in [3.63, 3.8) is 0 Å². The van der Waals surface area contributed by atoms with Crippen LogP contribution in [0.1, 0.15) is 18.9 Å². The predicted octanol–water partition coefficient (Wildman–Crippen LogP) is 3.17.